The molecule has 1 heterocycles. The van der Waals surface area contributed by atoms with Crippen molar-refractivity contribution in [3.05, 3.63) is 0 Å². The van der Waals surface area contributed by atoms with Gasteiger partial charge in [0.1, 0.15) is 0 Å². The predicted molar refractivity (Wildman–Crippen MR) is 73.0 cm³/mol. The smallest absolute Gasteiger partial charge is 0.317 e. The minimum absolute atomic E-state index is 0.154. The van der Waals surface area contributed by atoms with E-state index in [9.17, 15) is 9.59 Å². The zero-order valence-corrected chi connectivity index (χ0v) is 11.8. The van der Waals surface area contributed by atoms with E-state index in [4.69, 9.17) is 5.11 Å². The number of carbonyl (C=O) groups is 2. The van der Waals surface area contributed by atoms with E-state index in [1.807, 2.05) is 13.8 Å². The monoisotopic (exact) mass is 271 g/mol. The van der Waals surface area contributed by atoms with E-state index in [1.54, 1.807) is 4.90 Å². The first-order valence-corrected chi connectivity index (χ1v) is 6.97. The van der Waals surface area contributed by atoms with Crippen molar-refractivity contribution in [3.8, 4) is 0 Å². The highest BCUT2D eigenvalue weighted by Gasteiger charge is 2.21. The van der Waals surface area contributed by atoms with Crippen LogP contribution in [-0.4, -0.2) is 54.7 Å². The number of carboxylic acids is 1. The van der Waals surface area contributed by atoms with Crippen molar-refractivity contribution in [1.29, 1.82) is 0 Å². The Hall–Kier alpha value is -1.30. The maximum atomic E-state index is 12.0. The minimum Gasteiger partial charge on any atom is -0.481 e. The van der Waals surface area contributed by atoms with Gasteiger partial charge in [-0.15, -0.1) is 0 Å². The first-order chi connectivity index (χ1) is 9.00. The summed E-state index contributed by atoms with van der Waals surface area (Å²) < 4.78 is 0. The van der Waals surface area contributed by atoms with E-state index < -0.39 is 11.9 Å². The standard InChI is InChI=1S/C13H25N3O3/c1-10(2)8-11(12(17)18)9-15-13(19)16-6-3-4-14-5-7-16/h10-11,14H,3-9H2,1-2H3,(H,15,19)(H,17,18). The van der Waals surface area contributed by atoms with E-state index in [-0.39, 0.29) is 12.6 Å². The molecule has 3 N–H and O–H groups in total. The molecule has 0 radical (unpaired) electrons. The summed E-state index contributed by atoms with van der Waals surface area (Å²) in [6.07, 6.45) is 1.51. The van der Waals surface area contributed by atoms with Gasteiger partial charge < -0.3 is 20.6 Å². The third-order valence-corrected chi connectivity index (χ3v) is 3.23. The lowest BCUT2D eigenvalue weighted by atomic mass is 9.97. The van der Waals surface area contributed by atoms with Gasteiger partial charge in [0.2, 0.25) is 0 Å². The fourth-order valence-electron chi connectivity index (χ4n) is 2.21. The Labute approximate surface area is 114 Å². The Bertz CT molecular complexity index is 300. The highest BCUT2D eigenvalue weighted by Crippen LogP contribution is 2.11. The molecule has 1 aliphatic rings. The Kier molecular flexibility index (Phi) is 6.62. The minimum atomic E-state index is -0.841. The van der Waals surface area contributed by atoms with Crippen LogP contribution >= 0.6 is 0 Å². The van der Waals surface area contributed by atoms with Crippen LogP contribution < -0.4 is 10.6 Å². The van der Waals surface area contributed by atoms with Crippen molar-refractivity contribution in [1.82, 2.24) is 15.5 Å². The molecular weight excluding hydrogens is 246 g/mol. The first-order valence-electron chi connectivity index (χ1n) is 6.97. The lowest BCUT2D eigenvalue weighted by Crippen LogP contribution is -2.44. The van der Waals surface area contributed by atoms with Crippen LogP contribution in [0.3, 0.4) is 0 Å². The maximum absolute atomic E-state index is 12.0. The van der Waals surface area contributed by atoms with E-state index in [0.29, 0.717) is 18.9 Å². The number of nitrogens with one attached hydrogen (secondary N) is 2. The highest BCUT2D eigenvalue weighted by molar-refractivity contribution is 5.76. The summed E-state index contributed by atoms with van der Waals surface area (Å²) in [7, 11) is 0. The molecule has 19 heavy (non-hydrogen) atoms. The fourth-order valence-corrected chi connectivity index (χ4v) is 2.21. The lowest BCUT2D eigenvalue weighted by Gasteiger charge is -2.22. The van der Waals surface area contributed by atoms with Crippen LogP contribution in [0.15, 0.2) is 0 Å². The summed E-state index contributed by atoms with van der Waals surface area (Å²) in [6, 6.07) is -0.154. The zero-order valence-electron chi connectivity index (χ0n) is 11.8. The normalized spacial score (nSPS) is 17.9. The Morgan fingerprint density at radius 1 is 1.32 bits per heavy atom. The number of hydrogen-bond acceptors (Lipinski definition) is 3. The summed E-state index contributed by atoms with van der Waals surface area (Å²) in [4.78, 5) is 24.8. The number of aliphatic carboxylic acids is 1. The molecule has 0 aromatic carbocycles. The second-order valence-electron chi connectivity index (χ2n) is 5.44. The summed E-state index contributed by atoms with van der Waals surface area (Å²) in [5.74, 6) is -1.04. The van der Waals surface area contributed by atoms with Gasteiger partial charge in [0, 0.05) is 26.2 Å². The van der Waals surface area contributed by atoms with Gasteiger partial charge >= 0.3 is 12.0 Å². The van der Waals surface area contributed by atoms with Crippen molar-refractivity contribution in [2.75, 3.05) is 32.7 Å². The van der Waals surface area contributed by atoms with Gasteiger partial charge in [-0.3, -0.25) is 4.79 Å². The van der Waals surface area contributed by atoms with Crippen LogP contribution in [0.4, 0.5) is 4.79 Å². The molecule has 1 rings (SSSR count). The van der Waals surface area contributed by atoms with Gasteiger partial charge in [0.15, 0.2) is 0 Å². The van der Waals surface area contributed by atoms with Crippen molar-refractivity contribution >= 4 is 12.0 Å². The Morgan fingerprint density at radius 2 is 2.05 bits per heavy atom. The second-order valence-corrected chi connectivity index (χ2v) is 5.44. The average molecular weight is 271 g/mol. The van der Waals surface area contributed by atoms with Crippen LogP contribution in [0.2, 0.25) is 0 Å². The van der Waals surface area contributed by atoms with Crippen molar-refractivity contribution in [3.63, 3.8) is 0 Å². The number of urea groups is 1. The molecule has 0 saturated carbocycles. The summed E-state index contributed by atoms with van der Waals surface area (Å²) in [6.45, 7) is 7.29. The molecule has 1 atom stereocenters. The predicted octanol–water partition coefficient (Wildman–Crippen LogP) is 0.738. The topological polar surface area (TPSA) is 81.7 Å². The van der Waals surface area contributed by atoms with Gasteiger partial charge in [-0.05, 0) is 25.3 Å². The molecule has 110 valence electrons. The molecule has 0 aromatic rings. The number of rotatable bonds is 5. The van der Waals surface area contributed by atoms with Crippen LogP contribution in [-0.2, 0) is 4.79 Å². The number of hydrogen-bond donors (Lipinski definition) is 3. The van der Waals surface area contributed by atoms with E-state index in [1.165, 1.54) is 0 Å². The van der Waals surface area contributed by atoms with Crippen LogP contribution in [0.5, 0.6) is 0 Å². The van der Waals surface area contributed by atoms with Crippen molar-refractivity contribution < 1.29 is 14.7 Å². The molecule has 0 aliphatic carbocycles. The second kappa shape index (κ2) is 7.99. The Morgan fingerprint density at radius 3 is 2.68 bits per heavy atom. The fraction of sp³-hybridized carbons (Fsp3) is 0.846. The maximum Gasteiger partial charge on any atom is 0.317 e. The molecule has 6 nitrogen and oxygen atoms in total. The number of amides is 2. The van der Waals surface area contributed by atoms with E-state index in [2.05, 4.69) is 10.6 Å². The van der Waals surface area contributed by atoms with E-state index >= 15 is 0 Å². The van der Waals surface area contributed by atoms with Crippen molar-refractivity contribution in [2.45, 2.75) is 26.7 Å². The molecule has 1 fully saturated rings. The number of nitrogens with zero attached hydrogens (tertiary/aromatic N) is 1. The van der Waals surface area contributed by atoms with E-state index in [0.717, 1.165) is 26.1 Å². The van der Waals surface area contributed by atoms with Gasteiger partial charge in [-0.2, -0.15) is 0 Å². The molecule has 6 heteroatoms. The average Bonchev–Trinajstić information content (AvgIpc) is 2.62. The molecule has 0 bridgehead atoms. The van der Waals surface area contributed by atoms with Gasteiger partial charge in [-0.25, -0.2) is 4.79 Å². The van der Waals surface area contributed by atoms with Crippen LogP contribution in [0.1, 0.15) is 26.7 Å². The molecule has 2 amide bonds. The molecule has 1 unspecified atom stereocenters. The number of carbonyl (C=O) groups excluding carboxylic acids is 1. The highest BCUT2D eigenvalue weighted by atomic mass is 16.4. The van der Waals surface area contributed by atoms with Crippen LogP contribution in [0.25, 0.3) is 0 Å². The Balaban J connectivity index is 2.39. The largest absolute Gasteiger partial charge is 0.481 e. The molecule has 1 aliphatic heterocycles. The van der Waals surface area contributed by atoms with Crippen LogP contribution in [0, 0.1) is 11.8 Å². The summed E-state index contributed by atoms with van der Waals surface area (Å²) in [5, 5.41) is 15.1. The first kappa shape index (κ1) is 15.8. The molecular formula is C13H25N3O3. The van der Waals surface area contributed by atoms with Crippen molar-refractivity contribution in [2.24, 2.45) is 11.8 Å². The SMILES string of the molecule is CC(C)CC(CNC(=O)N1CCCNCC1)C(=O)O. The lowest BCUT2D eigenvalue weighted by molar-refractivity contribution is -0.142. The van der Waals surface area contributed by atoms with Gasteiger partial charge in [-0.1, -0.05) is 13.8 Å². The summed E-state index contributed by atoms with van der Waals surface area (Å²) >= 11 is 0. The van der Waals surface area contributed by atoms with Gasteiger partial charge in [0.25, 0.3) is 0 Å². The molecule has 0 spiro atoms. The third kappa shape index (κ3) is 5.92. The third-order valence-electron chi connectivity index (χ3n) is 3.23. The number of carboxylic acid groups (broad SMARTS) is 1. The zero-order chi connectivity index (χ0) is 14.3. The molecule has 1 saturated heterocycles. The molecule has 0 aromatic heterocycles. The van der Waals surface area contributed by atoms with Gasteiger partial charge in [0.05, 0.1) is 5.92 Å². The summed E-state index contributed by atoms with van der Waals surface area (Å²) in [5.41, 5.74) is 0. The quantitative estimate of drug-likeness (QED) is 0.689.